The smallest absolute Gasteiger partial charge is 0.280 e. The number of anilines is 1. The Bertz CT molecular complexity index is 1050. The summed E-state index contributed by atoms with van der Waals surface area (Å²) in [4.78, 5) is 18.6. The van der Waals surface area contributed by atoms with Gasteiger partial charge in [-0.2, -0.15) is 8.42 Å². The first kappa shape index (κ1) is 24.0. The number of aryl methyl sites for hydroxylation is 1. The Hall–Kier alpha value is -2.63. The highest BCUT2D eigenvalue weighted by atomic mass is 32.2. The van der Waals surface area contributed by atoms with Crippen LogP contribution in [0.5, 0.6) is 5.75 Å². The van der Waals surface area contributed by atoms with E-state index in [1.807, 2.05) is 6.92 Å². The van der Waals surface area contributed by atoms with Crippen LogP contribution in [-0.2, 0) is 21.8 Å². The van der Waals surface area contributed by atoms with Crippen LogP contribution in [0.2, 0.25) is 0 Å². The lowest BCUT2D eigenvalue weighted by Gasteiger charge is -2.30. The Balaban J connectivity index is 1.91. The molecule has 2 N–H and O–H groups in total. The summed E-state index contributed by atoms with van der Waals surface area (Å²) in [6.07, 6.45) is 2.69. The van der Waals surface area contributed by atoms with Crippen LogP contribution in [0, 0.1) is 5.92 Å². The van der Waals surface area contributed by atoms with Crippen molar-refractivity contribution in [3.8, 4) is 5.75 Å². The van der Waals surface area contributed by atoms with Gasteiger partial charge in [0.2, 0.25) is 0 Å². The molecule has 0 spiro atoms. The molecule has 1 aliphatic rings. The van der Waals surface area contributed by atoms with Gasteiger partial charge >= 0.3 is 0 Å². The number of carbonyl (C=O) groups is 1. The van der Waals surface area contributed by atoms with E-state index < -0.39 is 10.0 Å². The van der Waals surface area contributed by atoms with Crippen molar-refractivity contribution in [3.05, 3.63) is 36.3 Å². The molecule has 0 bridgehead atoms. The molecule has 1 amide bonds. The van der Waals surface area contributed by atoms with Crippen molar-refractivity contribution in [2.45, 2.75) is 31.0 Å². The molecule has 11 heteroatoms. The van der Waals surface area contributed by atoms with Gasteiger partial charge in [-0.25, -0.2) is 4.98 Å². The van der Waals surface area contributed by atoms with Crippen molar-refractivity contribution in [1.82, 2.24) is 19.8 Å². The van der Waals surface area contributed by atoms with E-state index in [-0.39, 0.29) is 34.7 Å². The van der Waals surface area contributed by atoms with Gasteiger partial charge in [-0.1, -0.05) is 6.92 Å². The third-order valence-corrected chi connectivity index (χ3v) is 6.70. The number of hydrogen-bond donors (Lipinski definition) is 2. The minimum absolute atomic E-state index is 0.0175. The number of sulfonamides is 1. The van der Waals surface area contributed by atoms with Gasteiger partial charge in [-0.3, -0.25) is 9.52 Å². The molecule has 2 aromatic rings. The number of likely N-dealkylation sites (N-methyl/N-ethyl adjacent to an activating group) is 1. The maximum absolute atomic E-state index is 13.1. The maximum atomic E-state index is 13.1. The van der Waals surface area contributed by atoms with Gasteiger partial charge in [0.25, 0.3) is 15.9 Å². The number of nitrogens with one attached hydrogen (secondary N) is 2. The van der Waals surface area contributed by atoms with Crippen LogP contribution in [0.3, 0.4) is 0 Å². The predicted molar refractivity (Wildman–Crippen MR) is 120 cm³/mol. The second-order valence-corrected chi connectivity index (χ2v) is 9.88. The summed E-state index contributed by atoms with van der Waals surface area (Å²) in [5.41, 5.74) is 0.629. The van der Waals surface area contributed by atoms with Crippen LogP contribution >= 0.6 is 0 Å². The molecule has 176 valence electrons. The normalized spacial score (nSPS) is 23.0. The average Bonchev–Trinajstić information content (AvgIpc) is 3.20. The summed E-state index contributed by atoms with van der Waals surface area (Å²) in [6, 6.07) is 4.65. The van der Waals surface area contributed by atoms with Crippen LogP contribution in [0.1, 0.15) is 24.2 Å². The van der Waals surface area contributed by atoms with Gasteiger partial charge in [0, 0.05) is 52.6 Å². The van der Waals surface area contributed by atoms with Crippen LogP contribution < -0.4 is 14.8 Å². The molecule has 1 aromatic heterocycles. The predicted octanol–water partition coefficient (Wildman–Crippen LogP) is 1.31. The van der Waals surface area contributed by atoms with Gasteiger partial charge in [-0.15, -0.1) is 0 Å². The average molecular weight is 466 g/mol. The molecule has 0 saturated heterocycles. The quantitative estimate of drug-likeness (QED) is 0.700. The summed E-state index contributed by atoms with van der Waals surface area (Å²) in [5, 5.41) is 3.32. The SMILES string of the molecule is CO[C@@H]1CN(C)C(=O)c2ccc(NS(=O)(=O)c3cn(C)cn3)cc2OC[C@@H](C)NC[C@H]1C. The number of nitrogens with zero attached hydrogens (tertiary/aromatic N) is 3. The molecule has 0 unspecified atom stereocenters. The monoisotopic (exact) mass is 465 g/mol. The van der Waals surface area contributed by atoms with Crippen LogP contribution in [0.25, 0.3) is 0 Å². The lowest BCUT2D eigenvalue weighted by molar-refractivity contribution is 0.0281. The van der Waals surface area contributed by atoms with Crippen molar-refractivity contribution in [2.24, 2.45) is 13.0 Å². The van der Waals surface area contributed by atoms with E-state index >= 15 is 0 Å². The van der Waals surface area contributed by atoms with E-state index in [1.54, 1.807) is 42.8 Å². The van der Waals surface area contributed by atoms with Gasteiger partial charge in [0.1, 0.15) is 12.4 Å². The van der Waals surface area contributed by atoms with E-state index in [0.29, 0.717) is 31.0 Å². The molecule has 3 rings (SSSR count). The number of rotatable bonds is 4. The second kappa shape index (κ2) is 9.88. The van der Waals surface area contributed by atoms with Gasteiger partial charge in [0.05, 0.1) is 23.7 Å². The Labute approximate surface area is 189 Å². The summed E-state index contributed by atoms with van der Waals surface area (Å²) in [7, 11) is 1.17. The summed E-state index contributed by atoms with van der Waals surface area (Å²) >= 11 is 0. The molecular formula is C21H31N5O5S. The Morgan fingerprint density at radius 3 is 2.69 bits per heavy atom. The van der Waals surface area contributed by atoms with Gasteiger partial charge in [0.15, 0.2) is 5.03 Å². The number of amides is 1. The van der Waals surface area contributed by atoms with Crippen LogP contribution in [0.4, 0.5) is 5.69 Å². The van der Waals surface area contributed by atoms with E-state index in [2.05, 4.69) is 21.9 Å². The first-order chi connectivity index (χ1) is 15.1. The molecule has 10 nitrogen and oxygen atoms in total. The highest BCUT2D eigenvalue weighted by Gasteiger charge is 2.26. The Morgan fingerprint density at radius 2 is 2.03 bits per heavy atom. The number of ether oxygens (including phenoxy) is 2. The number of fused-ring (bicyclic) bond motifs is 1. The van der Waals surface area contributed by atoms with Crippen molar-refractivity contribution < 1.29 is 22.7 Å². The fourth-order valence-corrected chi connectivity index (χ4v) is 4.49. The number of benzene rings is 1. The zero-order valence-electron chi connectivity index (χ0n) is 19.0. The largest absolute Gasteiger partial charge is 0.491 e. The first-order valence-corrected chi connectivity index (χ1v) is 11.9. The number of hydrogen-bond acceptors (Lipinski definition) is 7. The topological polar surface area (TPSA) is 115 Å². The molecule has 1 aromatic carbocycles. The second-order valence-electron chi connectivity index (χ2n) is 8.25. The third kappa shape index (κ3) is 5.59. The summed E-state index contributed by atoms with van der Waals surface area (Å²) < 4.78 is 40.9. The lowest BCUT2D eigenvalue weighted by Crippen LogP contribution is -2.44. The molecule has 0 aliphatic carbocycles. The van der Waals surface area contributed by atoms with Crippen LogP contribution in [-0.4, -0.2) is 74.8 Å². The summed E-state index contributed by atoms with van der Waals surface area (Å²) in [6.45, 7) is 5.50. The molecular weight excluding hydrogens is 434 g/mol. The third-order valence-electron chi connectivity index (χ3n) is 5.44. The van der Waals surface area contributed by atoms with E-state index in [0.717, 1.165) is 0 Å². The first-order valence-electron chi connectivity index (χ1n) is 10.4. The van der Waals surface area contributed by atoms with Gasteiger partial charge < -0.3 is 24.3 Å². The fourth-order valence-electron chi connectivity index (χ4n) is 3.45. The lowest BCUT2D eigenvalue weighted by atomic mass is 10.0. The van der Waals surface area contributed by atoms with E-state index in [4.69, 9.17) is 9.47 Å². The molecule has 32 heavy (non-hydrogen) atoms. The van der Waals surface area contributed by atoms with E-state index in [1.165, 1.54) is 18.6 Å². The molecule has 2 heterocycles. The molecule has 0 radical (unpaired) electrons. The fraction of sp³-hybridized carbons (Fsp3) is 0.524. The Kier molecular flexibility index (Phi) is 7.42. The van der Waals surface area contributed by atoms with E-state index in [9.17, 15) is 13.2 Å². The standard InChI is InChI=1S/C21H31N5O5S/c1-14-9-22-15(2)12-31-18-8-16(24-32(28,29)20-11-25(3)13-23-20)6-7-17(18)21(27)26(4)10-19(14)30-5/h6-8,11,13-15,19,22,24H,9-10,12H2,1-5H3/t14-,15-,19-/m1/s1. The van der Waals surface area contributed by atoms with Gasteiger partial charge in [-0.05, 0) is 25.0 Å². The zero-order valence-corrected chi connectivity index (χ0v) is 19.8. The highest BCUT2D eigenvalue weighted by molar-refractivity contribution is 7.92. The van der Waals surface area contributed by atoms with Crippen molar-refractivity contribution in [3.63, 3.8) is 0 Å². The minimum atomic E-state index is -3.87. The molecule has 3 atom stereocenters. The van der Waals surface area contributed by atoms with Crippen LogP contribution in [0.15, 0.2) is 35.7 Å². The number of methoxy groups -OCH3 is 1. The minimum Gasteiger partial charge on any atom is -0.491 e. The highest BCUT2D eigenvalue weighted by Crippen LogP contribution is 2.27. The number of carbonyl (C=O) groups excluding carboxylic acids is 1. The zero-order chi connectivity index (χ0) is 23.5. The Morgan fingerprint density at radius 1 is 1.28 bits per heavy atom. The maximum Gasteiger partial charge on any atom is 0.280 e. The summed E-state index contributed by atoms with van der Waals surface area (Å²) in [5.74, 6) is 0.272. The molecule has 0 fully saturated rings. The van der Waals surface area contributed by atoms with Crippen molar-refractivity contribution in [1.29, 1.82) is 0 Å². The number of aromatic nitrogens is 2. The van der Waals surface area contributed by atoms with Crippen molar-refractivity contribution in [2.75, 3.05) is 38.6 Å². The van der Waals surface area contributed by atoms with Crippen molar-refractivity contribution >= 4 is 21.6 Å². The molecule has 1 aliphatic heterocycles. The number of imidazole rings is 1. The molecule has 0 saturated carbocycles.